The van der Waals surface area contributed by atoms with Crippen molar-refractivity contribution in [1.29, 1.82) is 0 Å². The van der Waals surface area contributed by atoms with Gasteiger partial charge in [-0.3, -0.25) is 0 Å². The minimum Gasteiger partial charge on any atom is -0.463 e. The van der Waals surface area contributed by atoms with Crippen molar-refractivity contribution in [2.24, 2.45) is 0 Å². The molecule has 2 unspecified atom stereocenters. The van der Waals surface area contributed by atoms with Gasteiger partial charge in [0.25, 0.3) is 0 Å². The SMILES string of the molecule is Cc1cc(=O)oc2c(Cl)c(O[C@@H]3CC(O)[C@H](O)C(CO)O3)ccc12. The molecular weight excluding hydrogens is 340 g/mol. The summed E-state index contributed by atoms with van der Waals surface area (Å²) in [5, 5.41) is 29.5. The van der Waals surface area contributed by atoms with Gasteiger partial charge in [-0.25, -0.2) is 4.79 Å². The first-order chi connectivity index (χ1) is 11.4. The molecular formula is C16H17ClO7. The Morgan fingerprint density at radius 2 is 2.12 bits per heavy atom. The highest BCUT2D eigenvalue weighted by Gasteiger charge is 2.37. The zero-order chi connectivity index (χ0) is 17.4. The second-order valence-corrected chi connectivity index (χ2v) is 6.08. The number of fused-ring (bicyclic) bond motifs is 1. The van der Waals surface area contributed by atoms with E-state index in [0.717, 1.165) is 5.56 Å². The summed E-state index contributed by atoms with van der Waals surface area (Å²) < 4.78 is 16.2. The Balaban J connectivity index is 1.90. The molecule has 0 saturated carbocycles. The zero-order valence-electron chi connectivity index (χ0n) is 12.8. The van der Waals surface area contributed by atoms with Gasteiger partial charge in [0.05, 0.1) is 12.7 Å². The molecule has 2 heterocycles. The van der Waals surface area contributed by atoms with Crippen LogP contribution in [-0.2, 0) is 4.74 Å². The molecule has 0 bridgehead atoms. The number of rotatable bonds is 3. The van der Waals surface area contributed by atoms with Crippen molar-refractivity contribution in [2.45, 2.75) is 37.9 Å². The van der Waals surface area contributed by atoms with E-state index in [1.54, 1.807) is 19.1 Å². The van der Waals surface area contributed by atoms with Gasteiger partial charge >= 0.3 is 5.63 Å². The Kier molecular flexibility index (Phi) is 4.80. The molecule has 8 heteroatoms. The van der Waals surface area contributed by atoms with Gasteiger partial charge < -0.3 is 29.2 Å². The van der Waals surface area contributed by atoms with Crippen molar-refractivity contribution >= 4 is 22.6 Å². The average Bonchev–Trinajstić information content (AvgIpc) is 2.53. The molecule has 1 aromatic heterocycles. The molecule has 0 radical (unpaired) electrons. The number of aryl methyl sites for hydroxylation is 1. The summed E-state index contributed by atoms with van der Waals surface area (Å²) >= 11 is 6.27. The normalized spacial score (nSPS) is 27.4. The molecule has 7 nitrogen and oxygen atoms in total. The number of ether oxygens (including phenoxy) is 2. The van der Waals surface area contributed by atoms with Crippen LogP contribution in [0.25, 0.3) is 11.0 Å². The van der Waals surface area contributed by atoms with Crippen LogP contribution >= 0.6 is 11.6 Å². The minimum absolute atomic E-state index is 0.00377. The monoisotopic (exact) mass is 356 g/mol. The summed E-state index contributed by atoms with van der Waals surface area (Å²) in [6, 6.07) is 4.67. The molecule has 1 aliphatic heterocycles. The van der Waals surface area contributed by atoms with E-state index in [9.17, 15) is 20.1 Å². The van der Waals surface area contributed by atoms with E-state index in [1.807, 2.05) is 0 Å². The molecule has 1 aromatic carbocycles. The zero-order valence-corrected chi connectivity index (χ0v) is 13.6. The van der Waals surface area contributed by atoms with Gasteiger partial charge in [0.15, 0.2) is 5.58 Å². The average molecular weight is 357 g/mol. The molecule has 24 heavy (non-hydrogen) atoms. The smallest absolute Gasteiger partial charge is 0.336 e. The number of aliphatic hydroxyl groups excluding tert-OH is 3. The quantitative estimate of drug-likeness (QED) is 0.703. The fraction of sp³-hybridized carbons (Fsp3) is 0.438. The van der Waals surface area contributed by atoms with Crippen molar-refractivity contribution in [3.63, 3.8) is 0 Å². The Labute approximate surface area is 142 Å². The van der Waals surface area contributed by atoms with Crippen LogP contribution in [0.1, 0.15) is 12.0 Å². The molecule has 2 aromatic rings. The number of benzene rings is 1. The van der Waals surface area contributed by atoms with E-state index < -0.39 is 36.8 Å². The first-order valence-electron chi connectivity index (χ1n) is 7.42. The third kappa shape index (κ3) is 3.13. The van der Waals surface area contributed by atoms with Crippen LogP contribution in [0.15, 0.2) is 27.4 Å². The van der Waals surface area contributed by atoms with Crippen molar-refractivity contribution in [3.8, 4) is 5.75 Å². The summed E-state index contributed by atoms with van der Waals surface area (Å²) in [6.07, 6.45) is -4.16. The summed E-state index contributed by atoms with van der Waals surface area (Å²) in [5.41, 5.74) is 0.406. The van der Waals surface area contributed by atoms with E-state index in [2.05, 4.69) is 0 Å². The van der Waals surface area contributed by atoms with Gasteiger partial charge in [-0.1, -0.05) is 11.6 Å². The van der Waals surface area contributed by atoms with Gasteiger partial charge in [0.2, 0.25) is 6.29 Å². The Hall–Kier alpha value is -1.64. The van der Waals surface area contributed by atoms with Crippen LogP contribution in [0, 0.1) is 6.92 Å². The molecule has 1 aliphatic rings. The maximum Gasteiger partial charge on any atom is 0.336 e. The second kappa shape index (κ2) is 6.70. The third-order valence-electron chi connectivity index (χ3n) is 4.00. The third-order valence-corrected chi connectivity index (χ3v) is 4.36. The number of hydrogen-bond acceptors (Lipinski definition) is 7. The predicted octanol–water partition coefficient (Wildman–Crippen LogP) is 0.963. The van der Waals surface area contributed by atoms with Crippen molar-refractivity contribution in [2.75, 3.05) is 6.61 Å². The second-order valence-electron chi connectivity index (χ2n) is 5.70. The van der Waals surface area contributed by atoms with Gasteiger partial charge in [0.1, 0.15) is 23.0 Å². The van der Waals surface area contributed by atoms with Crippen LogP contribution in [0.2, 0.25) is 5.02 Å². The minimum atomic E-state index is -1.19. The Bertz CT molecular complexity index is 803. The lowest BCUT2D eigenvalue weighted by atomic mass is 10.0. The number of hydrogen-bond donors (Lipinski definition) is 3. The van der Waals surface area contributed by atoms with Gasteiger partial charge in [-0.2, -0.15) is 0 Å². The molecule has 1 fully saturated rings. The Morgan fingerprint density at radius 1 is 1.38 bits per heavy atom. The maximum absolute atomic E-state index is 11.5. The molecule has 130 valence electrons. The van der Waals surface area contributed by atoms with Crippen LogP contribution in [0.5, 0.6) is 5.75 Å². The molecule has 3 N–H and O–H groups in total. The maximum atomic E-state index is 11.5. The summed E-state index contributed by atoms with van der Waals surface area (Å²) in [5.74, 6) is 0.211. The summed E-state index contributed by atoms with van der Waals surface area (Å²) in [7, 11) is 0. The van der Waals surface area contributed by atoms with Crippen LogP contribution in [-0.4, -0.2) is 46.5 Å². The van der Waals surface area contributed by atoms with E-state index in [-0.39, 0.29) is 22.8 Å². The van der Waals surface area contributed by atoms with Gasteiger partial charge in [-0.05, 0) is 24.6 Å². The molecule has 0 amide bonds. The molecule has 3 rings (SSSR count). The van der Waals surface area contributed by atoms with Gasteiger partial charge in [0, 0.05) is 17.9 Å². The molecule has 1 saturated heterocycles. The lowest BCUT2D eigenvalue weighted by Gasteiger charge is -2.36. The highest BCUT2D eigenvalue weighted by atomic mass is 35.5. The van der Waals surface area contributed by atoms with Crippen LogP contribution in [0.4, 0.5) is 0 Å². The standard InChI is InChI=1S/C16H17ClO7/c1-7-4-12(20)24-16-8(7)2-3-10(14(16)17)22-13-5-9(19)15(21)11(6-18)23-13/h2-4,9,11,13,15,18-19,21H,5-6H2,1H3/t9?,11?,13-,15-/m0/s1. The van der Waals surface area contributed by atoms with E-state index in [1.165, 1.54) is 6.07 Å². The molecule has 0 aliphatic carbocycles. The molecule has 0 spiro atoms. The molecule has 4 atom stereocenters. The lowest BCUT2D eigenvalue weighted by Crippen LogP contribution is -2.51. The van der Waals surface area contributed by atoms with Crippen LogP contribution in [0.3, 0.4) is 0 Å². The fourth-order valence-corrected chi connectivity index (χ4v) is 2.96. The van der Waals surface area contributed by atoms with E-state index in [4.69, 9.17) is 25.5 Å². The number of aliphatic hydroxyl groups is 3. The van der Waals surface area contributed by atoms with E-state index >= 15 is 0 Å². The fourth-order valence-electron chi connectivity index (χ4n) is 2.71. The van der Waals surface area contributed by atoms with Crippen molar-refractivity contribution in [1.82, 2.24) is 0 Å². The highest BCUT2D eigenvalue weighted by molar-refractivity contribution is 6.36. The van der Waals surface area contributed by atoms with Crippen molar-refractivity contribution < 1.29 is 29.2 Å². The van der Waals surface area contributed by atoms with Gasteiger partial charge in [-0.15, -0.1) is 0 Å². The largest absolute Gasteiger partial charge is 0.463 e. The van der Waals surface area contributed by atoms with E-state index in [0.29, 0.717) is 5.39 Å². The first-order valence-corrected chi connectivity index (χ1v) is 7.80. The number of halogens is 1. The highest BCUT2D eigenvalue weighted by Crippen LogP contribution is 2.35. The topological polar surface area (TPSA) is 109 Å². The predicted molar refractivity (Wildman–Crippen MR) is 85.2 cm³/mol. The summed E-state index contributed by atoms with van der Waals surface area (Å²) in [6.45, 7) is 1.31. The Morgan fingerprint density at radius 3 is 2.83 bits per heavy atom. The summed E-state index contributed by atoms with van der Waals surface area (Å²) in [4.78, 5) is 11.5. The van der Waals surface area contributed by atoms with Crippen molar-refractivity contribution in [3.05, 3.63) is 39.2 Å². The van der Waals surface area contributed by atoms with Crippen LogP contribution < -0.4 is 10.4 Å². The lowest BCUT2D eigenvalue weighted by molar-refractivity contribution is -0.229. The first kappa shape index (κ1) is 17.2.